The van der Waals surface area contributed by atoms with Crippen molar-refractivity contribution in [3.63, 3.8) is 0 Å². The van der Waals surface area contributed by atoms with Gasteiger partial charge in [-0.2, -0.15) is 0 Å². The maximum atomic E-state index is 12.5. The summed E-state index contributed by atoms with van der Waals surface area (Å²) in [4.78, 5) is 25.0. The number of aliphatic carboxylic acids is 1. The Labute approximate surface area is 183 Å². The molecule has 0 heterocycles. The summed E-state index contributed by atoms with van der Waals surface area (Å²) in [5.74, 6) is -1.33. The van der Waals surface area contributed by atoms with Crippen LogP contribution in [-0.2, 0) is 15.1 Å². The number of nitrogens with one attached hydrogen (secondary N) is 1. The lowest BCUT2D eigenvalue weighted by Crippen LogP contribution is -2.60. The second kappa shape index (κ2) is 9.54. The molecule has 0 bridgehead atoms. The standard InChI is InChI=1S/C27H27NO3/c1-3-13-24(29)20-26(2,25(30)31)28-27(21-14-7-4-8-15-21,22-16-9-5-10-17-22)23-18-11-6-12-19-23/h3-19,28H,20H2,1-2H3,(H,30,31)/b13-3+/t26-/m0/s1. The summed E-state index contributed by atoms with van der Waals surface area (Å²) in [5.41, 5.74) is 0.167. The highest BCUT2D eigenvalue weighted by molar-refractivity contribution is 5.95. The van der Waals surface area contributed by atoms with Crippen LogP contribution >= 0.6 is 0 Å². The minimum atomic E-state index is -1.52. The van der Waals surface area contributed by atoms with Crippen molar-refractivity contribution >= 4 is 11.8 Å². The van der Waals surface area contributed by atoms with E-state index in [4.69, 9.17) is 0 Å². The highest BCUT2D eigenvalue weighted by Crippen LogP contribution is 2.39. The molecule has 0 saturated carbocycles. The molecular weight excluding hydrogens is 386 g/mol. The van der Waals surface area contributed by atoms with Gasteiger partial charge in [0.15, 0.2) is 5.78 Å². The van der Waals surface area contributed by atoms with Gasteiger partial charge in [-0.3, -0.25) is 14.9 Å². The van der Waals surface area contributed by atoms with Crippen LogP contribution in [0.15, 0.2) is 103 Å². The van der Waals surface area contributed by atoms with Crippen molar-refractivity contribution < 1.29 is 14.7 Å². The van der Waals surface area contributed by atoms with Gasteiger partial charge in [-0.15, -0.1) is 0 Å². The monoisotopic (exact) mass is 413 g/mol. The summed E-state index contributed by atoms with van der Waals surface area (Å²) < 4.78 is 0. The molecule has 1 atom stereocenters. The third kappa shape index (κ3) is 4.65. The molecule has 0 aliphatic rings. The number of allylic oxidation sites excluding steroid dienone is 2. The Morgan fingerprint density at radius 1 is 0.806 bits per heavy atom. The van der Waals surface area contributed by atoms with Gasteiger partial charge in [0, 0.05) is 6.42 Å². The van der Waals surface area contributed by atoms with Crippen LogP contribution in [-0.4, -0.2) is 22.4 Å². The molecule has 4 nitrogen and oxygen atoms in total. The molecule has 0 spiro atoms. The molecule has 0 amide bonds. The normalized spacial score (nSPS) is 13.6. The zero-order valence-corrected chi connectivity index (χ0v) is 17.8. The summed E-state index contributed by atoms with van der Waals surface area (Å²) in [6.07, 6.45) is 2.86. The van der Waals surface area contributed by atoms with Crippen LogP contribution in [0.4, 0.5) is 0 Å². The van der Waals surface area contributed by atoms with Gasteiger partial charge in [-0.25, -0.2) is 0 Å². The Kier molecular flexibility index (Phi) is 6.83. The second-order valence-electron chi connectivity index (χ2n) is 7.75. The number of hydrogen-bond donors (Lipinski definition) is 2. The molecule has 0 saturated heterocycles. The van der Waals surface area contributed by atoms with Crippen LogP contribution in [0.3, 0.4) is 0 Å². The van der Waals surface area contributed by atoms with Gasteiger partial charge >= 0.3 is 5.97 Å². The quantitative estimate of drug-likeness (QED) is 0.385. The van der Waals surface area contributed by atoms with Crippen molar-refractivity contribution in [1.29, 1.82) is 0 Å². The van der Waals surface area contributed by atoms with E-state index in [1.54, 1.807) is 19.9 Å². The highest BCUT2D eigenvalue weighted by Gasteiger charge is 2.46. The number of hydrogen-bond acceptors (Lipinski definition) is 3. The van der Waals surface area contributed by atoms with Crippen molar-refractivity contribution in [2.45, 2.75) is 31.3 Å². The fourth-order valence-electron chi connectivity index (χ4n) is 3.96. The largest absolute Gasteiger partial charge is 0.480 e. The molecule has 3 aromatic rings. The van der Waals surface area contributed by atoms with Gasteiger partial charge in [-0.1, -0.05) is 97.1 Å². The van der Waals surface area contributed by atoms with E-state index < -0.39 is 17.0 Å². The molecule has 3 rings (SSSR count). The van der Waals surface area contributed by atoms with Gasteiger partial charge in [0.25, 0.3) is 0 Å². The van der Waals surface area contributed by atoms with E-state index in [-0.39, 0.29) is 12.2 Å². The van der Waals surface area contributed by atoms with Gasteiger partial charge < -0.3 is 5.11 Å². The van der Waals surface area contributed by atoms with Crippen molar-refractivity contribution in [3.05, 3.63) is 120 Å². The van der Waals surface area contributed by atoms with E-state index in [2.05, 4.69) is 5.32 Å². The third-order valence-electron chi connectivity index (χ3n) is 5.44. The number of ketones is 1. The van der Waals surface area contributed by atoms with E-state index in [1.165, 1.54) is 6.08 Å². The molecule has 31 heavy (non-hydrogen) atoms. The van der Waals surface area contributed by atoms with Crippen molar-refractivity contribution in [3.8, 4) is 0 Å². The summed E-state index contributed by atoms with van der Waals surface area (Å²) in [6.45, 7) is 3.31. The molecule has 3 aromatic carbocycles. The minimum absolute atomic E-state index is 0.180. The maximum absolute atomic E-state index is 12.5. The fraction of sp³-hybridized carbons (Fsp3) is 0.185. The van der Waals surface area contributed by atoms with Crippen LogP contribution in [0.5, 0.6) is 0 Å². The smallest absolute Gasteiger partial charge is 0.324 e. The molecule has 2 N–H and O–H groups in total. The predicted molar refractivity (Wildman–Crippen MR) is 123 cm³/mol. The summed E-state index contributed by atoms with van der Waals surface area (Å²) in [6, 6.07) is 29.2. The maximum Gasteiger partial charge on any atom is 0.324 e. The Bertz CT molecular complexity index is 949. The molecule has 0 fully saturated rings. The molecular formula is C27H27NO3. The van der Waals surface area contributed by atoms with E-state index >= 15 is 0 Å². The van der Waals surface area contributed by atoms with Crippen LogP contribution in [0.25, 0.3) is 0 Å². The average molecular weight is 414 g/mol. The number of carboxylic acids is 1. The first-order chi connectivity index (χ1) is 14.9. The van der Waals surface area contributed by atoms with Crippen molar-refractivity contribution in [2.24, 2.45) is 0 Å². The Balaban J connectivity index is 2.29. The molecule has 0 unspecified atom stereocenters. The molecule has 0 aliphatic carbocycles. The summed E-state index contributed by atoms with van der Waals surface area (Å²) >= 11 is 0. The second-order valence-corrected chi connectivity index (χ2v) is 7.75. The highest BCUT2D eigenvalue weighted by atomic mass is 16.4. The van der Waals surface area contributed by atoms with Crippen LogP contribution in [0.1, 0.15) is 37.0 Å². The Morgan fingerprint density at radius 2 is 1.19 bits per heavy atom. The predicted octanol–water partition coefficient (Wildman–Crippen LogP) is 4.95. The molecule has 0 radical (unpaired) electrons. The zero-order valence-electron chi connectivity index (χ0n) is 17.8. The third-order valence-corrected chi connectivity index (χ3v) is 5.44. The molecule has 0 aliphatic heterocycles. The Morgan fingerprint density at radius 3 is 1.52 bits per heavy atom. The van der Waals surface area contributed by atoms with Gasteiger partial charge in [0.1, 0.15) is 5.54 Å². The number of carboxylic acid groups (broad SMARTS) is 1. The van der Waals surface area contributed by atoms with Crippen LogP contribution in [0.2, 0.25) is 0 Å². The first-order valence-corrected chi connectivity index (χ1v) is 10.3. The van der Waals surface area contributed by atoms with E-state index in [0.717, 1.165) is 16.7 Å². The first kappa shape index (κ1) is 22.2. The van der Waals surface area contributed by atoms with E-state index in [9.17, 15) is 14.7 Å². The molecule has 0 aromatic heterocycles. The topological polar surface area (TPSA) is 66.4 Å². The summed E-state index contributed by atoms with van der Waals surface area (Å²) in [5, 5.41) is 13.6. The number of carbonyl (C=O) groups is 2. The van der Waals surface area contributed by atoms with E-state index in [0.29, 0.717) is 0 Å². The average Bonchev–Trinajstić information content (AvgIpc) is 2.79. The van der Waals surface area contributed by atoms with Gasteiger partial charge in [0.2, 0.25) is 0 Å². The van der Waals surface area contributed by atoms with Gasteiger partial charge in [-0.05, 0) is 36.6 Å². The lowest BCUT2D eigenvalue weighted by atomic mass is 9.74. The molecule has 4 heteroatoms. The van der Waals surface area contributed by atoms with Gasteiger partial charge in [0.05, 0.1) is 5.54 Å². The minimum Gasteiger partial charge on any atom is -0.480 e. The lowest BCUT2D eigenvalue weighted by Gasteiger charge is -2.43. The summed E-state index contributed by atoms with van der Waals surface area (Å²) in [7, 11) is 0. The number of rotatable bonds is 9. The van der Waals surface area contributed by atoms with Crippen LogP contribution < -0.4 is 5.32 Å². The Hall–Kier alpha value is -3.50. The lowest BCUT2D eigenvalue weighted by molar-refractivity contribution is -0.146. The number of carbonyl (C=O) groups excluding carboxylic acids is 1. The molecule has 158 valence electrons. The van der Waals surface area contributed by atoms with Crippen molar-refractivity contribution in [2.75, 3.05) is 0 Å². The zero-order chi connectivity index (χ0) is 22.3. The van der Waals surface area contributed by atoms with Crippen LogP contribution in [0, 0.1) is 0 Å². The van der Waals surface area contributed by atoms with E-state index in [1.807, 2.05) is 91.0 Å². The van der Waals surface area contributed by atoms with Crippen molar-refractivity contribution in [1.82, 2.24) is 5.32 Å². The SMILES string of the molecule is C/C=C/C(=O)C[C@](C)(NC(c1ccccc1)(c1ccccc1)c1ccccc1)C(=O)O. The fourth-order valence-corrected chi connectivity index (χ4v) is 3.96. The number of benzene rings is 3. The first-order valence-electron chi connectivity index (χ1n) is 10.3.